The highest BCUT2D eigenvalue weighted by atomic mass is 32.2. The molecule has 1 saturated heterocycles. The van der Waals surface area contributed by atoms with Gasteiger partial charge in [0.05, 0.1) is 24.1 Å². The molecule has 1 fully saturated rings. The number of fused-ring (bicyclic) bond motifs is 1. The Hall–Kier alpha value is -2.48. The monoisotopic (exact) mass is 480 g/mol. The van der Waals surface area contributed by atoms with Crippen molar-refractivity contribution in [3.8, 4) is 0 Å². The maximum absolute atomic E-state index is 15.1. The third kappa shape index (κ3) is 5.05. The second kappa shape index (κ2) is 8.71. The van der Waals surface area contributed by atoms with Crippen molar-refractivity contribution < 1.29 is 26.7 Å². The topological polar surface area (TPSA) is 111 Å². The quantitative estimate of drug-likeness (QED) is 0.511. The van der Waals surface area contributed by atoms with E-state index in [1.165, 1.54) is 16.7 Å². The molecule has 33 heavy (non-hydrogen) atoms. The van der Waals surface area contributed by atoms with E-state index in [0.29, 0.717) is 18.5 Å². The minimum Gasteiger partial charge on any atom is -0.349 e. The van der Waals surface area contributed by atoms with E-state index in [4.69, 9.17) is 17.3 Å². The van der Waals surface area contributed by atoms with Gasteiger partial charge in [0.1, 0.15) is 19.4 Å². The Morgan fingerprint density at radius 3 is 2.70 bits per heavy atom. The van der Waals surface area contributed by atoms with Crippen molar-refractivity contribution in [3.05, 3.63) is 45.9 Å². The summed E-state index contributed by atoms with van der Waals surface area (Å²) in [6.07, 6.45) is 0.345. The van der Waals surface area contributed by atoms with Crippen LogP contribution in [0.25, 0.3) is 0 Å². The van der Waals surface area contributed by atoms with Crippen LogP contribution < -0.4 is 25.8 Å². The number of halogens is 2. The number of pyridine rings is 1. The first-order valence-electron chi connectivity index (χ1n) is 10.3. The van der Waals surface area contributed by atoms with E-state index in [0.717, 1.165) is 6.07 Å². The molecule has 0 aliphatic carbocycles. The highest BCUT2D eigenvalue weighted by molar-refractivity contribution is 7.90. The zero-order valence-corrected chi connectivity index (χ0v) is 18.9. The maximum Gasteiger partial charge on any atom is 0.299 e. The van der Waals surface area contributed by atoms with Gasteiger partial charge in [0.15, 0.2) is 5.79 Å². The Morgan fingerprint density at radius 1 is 1.27 bits per heavy atom. The smallest absolute Gasteiger partial charge is 0.299 e. The Balaban J connectivity index is 1.66. The number of benzene rings is 1. The van der Waals surface area contributed by atoms with Crippen LogP contribution in [0.1, 0.15) is 26.0 Å². The molecule has 1 aromatic heterocycles. The summed E-state index contributed by atoms with van der Waals surface area (Å²) < 4.78 is 71.8. The minimum absolute atomic E-state index is 0.0917. The number of hydrogen-bond donors (Lipinski definition) is 3. The second-order valence-corrected chi connectivity index (χ2v) is 9.84. The van der Waals surface area contributed by atoms with Crippen molar-refractivity contribution in [2.45, 2.75) is 45.1 Å². The number of nitrogens with one attached hydrogen (secondary N) is 3. The summed E-state index contributed by atoms with van der Waals surface area (Å²) in [5.41, 5.74) is -1.28. The molecule has 2 radical (unpaired) electrons. The highest BCUT2D eigenvalue weighted by Gasteiger charge is 2.34. The van der Waals surface area contributed by atoms with Crippen LogP contribution in [-0.4, -0.2) is 45.9 Å². The van der Waals surface area contributed by atoms with Crippen molar-refractivity contribution in [1.29, 1.82) is 0 Å². The first-order chi connectivity index (χ1) is 15.5. The third-order valence-corrected chi connectivity index (χ3v) is 6.39. The SMILES string of the molecule is [B]c1ccc(Nc2c(NS(=O)(=O)NCC3COC(C)(C)O3)c3n(c(=O)c2F)CCC3)c(F)c1. The summed E-state index contributed by atoms with van der Waals surface area (Å²) in [6, 6.07) is 3.68. The summed E-state index contributed by atoms with van der Waals surface area (Å²) in [4.78, 5) is 12.5. The van der Waals surface area contributed by atoms with Crippen molar-refractivity contribution >= 4 is 40.6 Å². The van der Waals surface area contributed by atoms with Gasteiger partial charge in [-0.25, -0.2) is 4.39 Å². The lowest BCUT2D eigenvalue weighted by Gasteiger charge is -2.20. The maximum atomic E-state index is 15.1. The van der Waals surface area contributed by atoms with Gasteiger partial charge in [-0.05, 0) is 38.8 Å². The molecule has 1 aromatic carbocycles. The molecule has 0 bridgehead atoms. The summed E-state index contributed by atoms with van der Waals surface area (Å²) in [5.74, 6) is -2.85. The fraction of sp³-hybridized carbons (Fsp3) is 0.450. The molecule has 2 aromatic rings. The van der Waals surface area contributed by atoms with E-state index < -0.39 is 45.0 Å². The van der Waals surface area contributed by atoms with E-state index in [9.17, 15) is 17.6 Å². The van der Waals surface area contributed by atoms with E-state index >= 15 is 4.39 Å². The van der Waals surface area contributed by atoms with E-state index in [1.807, 2.05) is 0 Å². The molecule has 1 unspecified atom stereocenters. The summed E-state index contributed by atoms with van der Waals surface area (Å²) in [7, 11) is 1.34. The van der Waals surface area contributed by atoms with Crippen LogP contribution in [0, 0.1) is 11.6 Å². The van der Waals surface area contributed by atoms with Crippen LogP contribution in [-0.2, 0) is 32.6 Å². The number of ether oxygens (including phenoxy) is 2. The molecule has 9 nitrogen and oxygen atoms in total. The number of aromatic nitrogens is 1. The predicted molar refractivity (Wildman–Crippen MR) is 120 cm³/mol. The van der Waals surface area contributed by atoms with Crippen LogP contribution in [0.5, 0.6) is 0 Å². The number of anilines is 3. The molecule has 3 heterocycles. The van der Waals surface area contributed by atoms with Gasteiger partial charge in [-0.1, -0.05) is 11.5 Å². The Kier molecular flexibility index (Phi) is 6.25. The fourth-order valence-electron chi connectivity index (χ4n) is 3.87. The zero-order chi connectivity index (χ0) is 24.0. The number of hydrogen-bond acceptors (Lipinski definition) is 6. The number of rotatable bonds is 7. The molecule has 0 amide bonds. The fourth-order valence-corrected chi connectivity index (χ4v) is 4.84. The van der Waals surface area contributed by atoms with Gasteiger partial charge in [-0.3, -0.25) is 9.52 Å². The molecule has 0 saturated carbocycles. The van der Waals surface area contributed by atoms with Crippen molar-refractivity contribution in [2.24, 2.45) is 0 Å². The zero-order valence-electron chi connectivity index (χ0n) is 18.1. The first kappa shape index (κ1) is 23.7. The van der Waals surface area contributed by atoms with E-state index in [2.05, 4.69) is 14.8 Å². The Morgan fingerprint density at radius 2 is 2.03 bits per heavy atom. The summed E-state index contributed by atoms with van der Waals surface area (Å²) in [6.45, 7) is 3.77. The van der Waals surface area contributed by atoms with Crippen LogP contribution in [0.2, 0.25) is 0 Å². The molecule has 3 N–H and O–H groups in total. The largest absolute Gasteiger partial charge is 0.349 e. The minimum atomic E-state index is -4.21. The number of nitrogens with zero attached hydrogens (tertiary/aromatic N) is 1. The standard InChI is InChI=1S/C20H23BF2N4O5S/c1-20(2)31-10-12(32-20)9-24-33(29,30)26-17-15-4-3-7-27(15)19(28)16(23)18(17)25-14-6-5-11(21)8-13(14)22/h5-6,8,12,24-26H,3-4,7,9-10H2,1-2H3. The second-order valence-electron chi connectivity index (χ2n) is 8.34. The van der Waals surface area contributed by atoms with Gasteiger partial charge in [0.25, 0.3) is 15.8 Å². The van der Waals surface area contributed by atoms with Gasteiger partial charge in [0.2, 0.25) is 5.82 Å². The average Bonchev–Trinajstić information content (AvgIpc) is 3.35. The first-order valence-corrected chi connectivity index (χ1v) is 11.8. The van der Waals surface area contributed by atoms with Gasteiger partial charge in [0, 0.05) is 18.8 Å². The average molecular weight is 480 g/mol. The van der Waals surface area contributed by atoms with Gasteiger partial charge >= 0.3 is 0 Å². The molecular formula is C20H23BF2N4O5S. The van der Waals surface area contributed by atoms with Crippen LogP contribution in [0.3, 0.4) is 0 Å². The summed E-state index contributed by atoms with van der Waals surface area (Å²) in [5, 5.41) is 2.52. The molecular weight excluding hydrogens is 457 g/mol. The highest BCUT2D eigenvalue weighted by Crippen LogP contribution is 2.34. The normalized spacial score (nSPS) is 19.5. The van der Waals surface area contributed by atoms with Crippen molar-refractivity contribution in [3.63, 3.8) is 0 Å². The van der Waals surface area contributed by atoms with E-state index in [-0.39, 0.29) is 36.5 Å². The molecule has 1 atom stereocenters. The Labute approximate surface area is 191 Å². The van der Waals surface area contributed by atoms with Gasteiger partial charge < -0.3 is 19.4 Å². The van der Waals surface area contributed by atoms with Gasteiger partial charge in [-0.15, -0.1) is 0 Å². The lowest BCUT2D eigenvalue weighted by Crippen LogP contribution is -2.38. The lowest BCUT2D eigenvalue weighted by molar-refractivity contribution is -0.137. The molecule has 13 heteroatoms. The molecule has 2 aliphatic rings. The van der Waals surface area contributed by atoms with Crippen LogP contribution in [0.4, 0.5) is 25.8 Å². The predicted octanol–water partition coefficient (Wildman–Crippen LogP) is 1.01. The van der Waals surface area contributed by atoms with E-state index in [1.54, 1.807) is 13.8 Å². The van der Waals surface area contributed by atoms with Crippen molar-refractivity contribution in [2.75, 3.05) is 23.2 Å². The van der Waals surface area contributed by atoms with Gasteiger partial charge in [-0.2, -0.15) is 17.5 Å². The Bertz CT molecular complexity index is 1250. The third-order valence-electron chi connectivity index (χ3n) is 5.37. The molecule has 176 valence electrons. The molecule has 2 aliphatic heterocycles. The molecule has 0 spiro atoms. The molecule has 4 rings (SSSR count). The lowest BCUT2D eigenvalue weighted by atomic mass is 9.96. The van der Waals surface area contributed by atoms with Crippen LogP contribution in [0.15, 0.2) is 23.0 Å². The summed E-state index contributed by atoms with van der Waals surface area (Å²) >= 11 is 0. The van der Waals surface area contributed by atoms with Crippen LogP contribution >= 0.6 is 0 Å². The van der Waals surface area contributed by atoms with Crippen molar-refractivity contribution in [1.82, 2.24) is 9.29 Å².